The van der Waals surface area contributed by atoms with Crippen LogP contribution in [-0.2, 0) is 63.9 Å². The third-order valence-electron chi connectivity index (χ3n) is 19.9. The molecule has 0 fully saturated rings. The van der Waals surface area contributed by atoms with E-state index in [0.29, 0.717) is 57.2 Å². The van der Waals surface area contributed by atoms with Gasteiger partial charge in [0.1, 0.15) is 6.04 Å². The lowest BCUT2D eigenvalue weighted by molar-refractivity contribution is -0.145. The van der Waals surface area contributed by atoms with E-state index in [2.05, 4.69) is 142 Å². The van der Waals surface area contributed by atoms with Crippen molar-refractivity contribution in [3.8, 4) is 0 Å². The van der Waals surface area contributed by atoms with Crippen LogP contribution in [0.25, 0.3) is 88.7 Å². The van der Waals surface area contributed by atoms with Gasteiger partial charge in [-0.2, -0.15) is 0 Å². The van der Waals surface area contributed by atoms with E-state index in [9.17, 15) is 24.0 Å². The normalized spacial score (nSPS) is 13.5. The van der Waals surface area contributed by atoms with Gasteiger partial charge in [0, 0.05) is 76.4 Å². The van der Waals surface area contributed by atoms with Crippen molar-refractivity contribution >= 4 is 118 Å². The maximum atomic E-state index is 14.1. The van der Waals surface area contributed by atoms with E-state index in [0.717, 1.165) is 177 Å². The quantitative estimate of drug-likeness (QED) is 0.0199. The lowest BCUT2D eigenvalue weighted by atomic mass is 9.98. The van der Waals surface area contributed by atoms with Crippen molar-refractivity contribution in [2.45, 2.75) is 185 Å². The average molecular weight is 1290 g/mol. The Morgan fingerprint density at radius 3 is 1.23 bits per heavy atom. The number of nitrogens with one attached hydrogen (secondary N) is 6. The van der Waals surface area contributed by atoms with Gasteiger partial charge in [-0.3, -0.25) is 19.2 Å². The van der Waals surface area contributed by atoms with Crippen molar-refractivity contribution in [3.63, 3.8) is 0 Å². The van der Waals surface area contributed by atoms with Crippen LogP contribution in [0.2, 0.25) is 0 Å². The minimum absolute atomic E-state index is 0.0766. The molecule has 498 valence electrons. The van der Waals surface area contributed by atoms with E-state index in [1.165, 1.54) is 43.6 Å². The van der Waals surface area contributed by atoms with Crippen molar-refractivity contribution in [2.24, 2.45) is 0 Å². The highest BCUT2D eigenvalue weighted by Gasteiger charge is 2.27. The summed E-state index contributed by atoms with van der Waals surface area (Å²) in [5, 5.41) is 6.08. The molecule has 0 radical (unpaired) electrons. The summed E-state index contributed by atoms with van der Waals surface area (Å²) in [7, 11) is 4.11. The standard InChI is InChI=1S/C77H92N10O8/c1-16-48-40(5)57-32-59-46(11)54(25-29-75(90)93-13)71(83-59)38-69-52(44(9)63(85-69)36-67-50(18-3)42(7)61(81-67)34-65(48)79-57)23-27-73(88)78-31-21-20-22-56(77(92)95-15)87-74(89)28-24-53-45(10)64-37-68-51(19-4)43(8)62(82-68)35-66-49(17-2)41(6)58(80-66)33-60-47(12)55(26-30-76(91)94-14)72(84-60)39-70(53)86-64/h32-39,56,79,81,84,86H,16-31H2,1-15H3,(H,78,88)(H,87,89)/t56-/m0/s1. The lowest BCUT2D eigenvalue weighted by Crippen LogP contribution is -2.41. The Balaban J connectivity index is 0.859. The number of carbonyl (C=O) groups is 5. The maximum Gasteiger partial charge on any atom is 0.328 e. The van der Waals surface area contributed by atoms with Gasteiger partial charge in [-0.25, -0.2) is 24.7 Å². The lowest BCUT2D eigenvalue weighted by Gasteiger charge is -2.16. The van der Waals surface area contributed by atoms with Gasteiger partial charge in [0.2, 0.25) is 11.8 Å². The Morgan fingerprint density at radius 2 is 0.747 bits per heavy atom. The molecular weight excluding hydrogens is 1190 g/mol. The van der Waals surface area contributed by atoms with E-state index in [1.807, 2.05) is 19.9 Å². The van der Waals surface area contributed by atoms with Crippen LogP contribution >= 0.6 is 0 Å². The van der Waals surface area contributed by atoms with E-state index >= 15 is 0 Å². The number of nitrogens with zero attached hydrogens (tertiary/aromatic N) is 4. The average Bonchev–Trinajstić information content (AvgIpc) is 1.63. The molecule has 2 amide bonds. The summed E-state index contributed by atoms with van der Waals surface area (Å²) >= 11 is 0. The Hall–Kier alpha value is -9.45. The molecule has 10 rings (SSSR count). The molecule has 4 aliphatic heterocycles. The third kappa shape index (κ3) is 14.3. The molecule has 0 aromatic carbocycles. The van der Waals surface area contributed by atoms with Crippen molar-refractivity contribution in [1.82, 2.24) is 50.5 Å². The number of carbonyl (C=O) groups excluding carboxylic acids is 5. The molecule has 0 spiro atoms. The second kappa shape index (κ2) is 29.5. The Morgan fingerprint density at radius 1 is 0.389 bits per heavy atom. The van der Waals surface area contributed by atoms with Gasteiger partial charge in [-0.15, -0.1) is 0 Å². The molecule has 10 heterocycles. The molecule has 16 bridgehead atoms. The van der Waals surface area contributed by atoms with Crippen molar-refractivity contribution in [2.75, 3.05) is 27.9 Å². The predicted octanol–water partition coefficient (Wildman–Crippen LogP) is 15.3. The zero-order valence-corrected chi connectivity index (χ0v) is 58.1. The molecule has 6 aromatic heterocycles. The first-order valence-electron chi connectivity index (χ1n) is 33.7. The summed E-state index contributed by atoms with van der Waals surface area (Å²) in [5.74, 6) is -1.60. The molecule has 95 heavy (non-hydrogen) atoms. The summed E-state index contributed by atoms with van der Waals surface area (Å²) < 4.78 is 15.4. The fourth-order valence-electron chi connectivity index (χ4n) is 14.1. The summed E-state index contributed by atoms with van der Waals surface area (Å²) in [6, 6.07) is 15.9. The molecule has 0 aliphatic carbocycles. The zero-order chi connectivity index (χ0) is 68.1. The highest BCUT2D eigenvalue weighted by molar-refractivity contribution is 5.99. The highest BCUT2D eigenvalue weighted by atomic mass is 16.5. The number of fused-ring (bicyclic) bond motifs is 16. The second-order valence-corrected chi connectivity index (χ2v) is 25.4. The molecular formula is C77H92N10O8. The third-order valence-corrected chi connectivity index (χ3v) is 19.9. The van der Waals surface area contributed by atoms with E-state index in [1.54, 1.807) is 0 Å². The second-order valence-electron chi connectivity index (χ2n) is 25.4. The smallest absolute Gasteiger partial charge is 0.328 e. The number of methoxy groups -OCH3 is 3. The Bertz CT molecular complexity index is 4600. The van der Waals surface area contributed by atoms with Crippen LogP contribution in [-0.4, -0.2) is 104 Å². The number of aromatic nitrogens is 8. The number of esters is 3. The summed E-state index contributed by atoms with van der Waals surface area (Å²) in [6.07, 6.45) is 6.92. The molecule has 0 saturated carbocycles. The first-order valence-corrected chi connectivity index (χ1v) is 33.7. The number of aryl methyl sites for hydroxylation is 8. The van der Waals surface area contributed by atoms with Crippen LogP contribution in [0.15, 0.2) is 48.5 Å². The number of allylic oxidation sites excluding steroid dienone is 8. The van der Waals surface area contributed by atoms with Gasteiger partial charge in [-0.1, -0.05) is 27.7 Å². The van der Waals surface area contributed by atoms with Crippen molar-refractivity contribution < 1.29 is 38.2 Å². The van der Waals surface area contributed by atoms with Crippen molar-refractivity contribution in [1.29, 1.82) is 0 Å². The van der Waals surface area contributed by atoms with Crippen molar-refractivity contribution in [3.05, 3.63) is 139 Å². The minimum Gasteiger partial charge on any atom is -0.469 e. The number of rotatable bonds is 23. The highest BCUT2D eigenvalue weighted by Crippen LogP contribution is 2.41. The number of hydrogen-bond donors (Lipinski definition) is 6. The van der Waals surface area contributed by atoms with Crippen LogP contribution < -0.4 is 10.6 Å². The number of hydrogen-bond acceptors (Lipinski definition) is 12. The molecule has 1 atom stereocenters. The number of unbranched alkanes of at least 4 members (excludes halogenated alkanes) is 1. The van der Waals surface area contributed by atoms with Gasteiger partial charge < -0.3 is 44.8 Å². The molecule has 6 aromatic rings. The molecule has 18 nitrogen and oxygen atoms in total. The van der Waals surface area contributed by atoms with Crippen LogP contribution in [0, 0.1) is 27.7 Å². The zero-order valence-electron chi connectivity index (χ0n) is 58.1. The fraction of sp³-hybridized carbons (Fsp3) is 0.416. The summed E-state index contributed by atoms with van der Waals surface area (Å²) in [6.45, 7) is 25.7. The number of H-pyrrole nitrogens is 4. The first kappa shape index (κ1) is 68.4. The van der Waals surface area contributed by atoms with E-state index < -0.39 is 12.0 Å². The summed E-state index contributed by atoms with van der Waals surface area (Å²) in [4.78, 5) is 102. The number of ether oxygens (including phenoxy) is 3. The monoisotopic (exact) mass is 1280 g/mol. The van der Waals surface area contributed by atoms with Gasteiger partial charge in [0.05, 0.1) is 66.9 Å². The van der Waals surface area contributed by atoms with E-state index in [4.69, 9.17) is 34.1 Å². The van der Waals surface area contributed by atoms with Gasteiger partial charge >= 0.3 is 17.9 Å². The molecule has 18 heteroatoms. The fourth-order valence-corrected chi connectivity index (χ4v) is 14.1. The van der Waals surface area contributed by atoms with Crippen LogP contribution in [0.4, 0.5) is 0 Å². The Labute approximate surface area is 556 Å². The van der Waals surface area contributed by atoms with Crippen LogP contribution in [0.5, 0.6) is 0 Å². The Kier molecular flexibility index (Phi) is 21.2. The van der Waals surface area contributed by atoms with Crippen LogP contribution in [0.3, 0.4) is 0 Å². The molecule has 6 N–H and O–H groups in total. The predicted molar refractivity (Wildman–Crippen MR) is 380 cm³/mol. The number of amides is 2. The topological polar surface area (TPSA) is 252 Å². The van der Waals surface area contributed by atoms with Gasteiger partial charge in [0.15, 0.2) is 0 Å². The largest absolute Gasteiger partial charge is 0.469 e. The van der Waals surface area contributed by atoms with Crippen LogP contribution in [0.1, 0.15) is 216 Å². The summed E-state index contributed by atoms with van der Waals surface area (Å²) in [5.41, 5.74) is 30.9. The first-order chi connectivity index (χ1) is 45.6. The SMILES string of the molecule is CCC1=C(C)c2cc3[nH]c(cc4[nH]c(cc5nc(cc1n2)C(C)=C5CC)c(C)c4CCC(=O)N[C@@H](CCCCNC(=O)CCC1=C(C)c2cc4[nH]c(cc5[nH]c(cc6nc(cc1n2)C(CCC(=O)OC)=C6C)c(C)c5CC)c(C)c4CC)C(=O)OC)c(CCC(=O)OC)c3C. The molecule has 4 aliphatic rings. The van der Waals surface area contributed by atoms with E-state index in [-0.39, 0.29) is 49.4 Å². The number of aromatic amines is 4. The maximum absolute atomic E-state index is 14.1. The molecule has 0 unspecified atom stereocenters. The minimum atomic E-state index is -0.902. The van der Waals surface area contributed by atoms with Gasteiger partial charge in [-0.05, 0) is 264 Å². The molecule has 0 saturated heterocycles. The van der Waals surface area contributed by atoms with Gasteiger partial charge in [0.25, 0.3) is 0 Å².